The molecule has 8 aliphatic heterocycles. The third-order valence-electron chi connectivity index (χ3n) is 19.2. The molecule has 0 aromatic carbocycles. The number of nitrogen functional groups attached to an aromatic ring is 2. The van der Waals surface area contributed by atoms with Gasteiger partial charge in [0.2, 0.25) is 0 Å². The second-order valence-electron chi connectivity index (χ2n) is 28.2. The topological polar surface area (TPSA) is 841 Å². The van der Waals surface area contributed by atoms with Crippen LogP contribution in [0.5, 0.6) is 0 Å². The number of halogens is 1. The second kappa shape index (κ2) is 40.2. The van der Waals surface area contributed by atoms with Crippen molar-refractivity contribution in [3.63, 3.8) is 0 Å². The molecule has 8 aliphatic rings. The van der Waals surface area contributed by atoms with E-state index in [-0.39, 0.29) is 72.8 Å². The highest BCUT2D eigenvalue weighted by atomic mass is 127. The Balaban J connectivity index is 0.000000167. The number of aromatic nitrogens is 12. The van der Waals surface area contributed by atoms with E-state index in [4.69, 9.17) is 95.1 Å². The average Bonchev–Trinajstić information content (AvgIpc) is 1.62. The van der Waals surface area contributed by atoms with Crippen LogP contribution in [0, 0.1) is 3.70 Å². The van der Waals surface area contributed by atoms with Crippen molar-refractivity contribution in [1.29, 1.82) is 0 Å². The molecule has 0 spiro atoms. The highest BCUT2D eigenvalue weighted by Gasteiger charge is 2.58. The van der Waals surface area contributed by atoms with Crippen LogP contribution >= 0.6 is 22.6 Å². The minimum Gasteiger partial charge on any atom is -0.394 e. The highest BCUT2D eigenvalue weighted by Crippen LogP contribution is 2.46. The smallest absolute Gasteiger partial charge is 0.332 e. The molecule has 24 atom stereocenters. The van der Waals surface area contributed by atoms with E-state index >= 15 is 0 Å². The molecule has 0 saturated carbocycles. The minimum absolute atomic E-state index is 0.0102. The number of nitrogens with zero attached hydrogens (tertiary/aromatic N) is 15. The van der Waals surface area contributed by atoms with Gasteiger partial charge >= 0.3 is 34.1 Å². The Kier molecular flexibility index (Phi) is 31.4. The Labute approximate surface area is 691 Å². The summed E-state index contributed by atoms with van der Waals surface area (Å²) in [6.45, 7) is 10.1. The van der Waals surface area contributed by atoms with Crippen molar-refractivity contribution in [2.75, 3.05) is 52.1 Å². The maximum absolute atomic E-state index is 12.2. The van der Waals surface area contributed by atoms with Crippen LogP contribution in [0.2, 0.25) is 0 Å². The zero-order chi connectivity index (χ0) is 90.2. The van der Waals surface area contributed by atoms with Gasteiger partial charge in [-0.1, -0.05) is 13.8 Å². The normalized spacial score (nSPS) is 30.9. The lowest BCUT2D eigenvalue weighted by molar-refractivity contribution is -0.197. The molecular weight excluding hydrogens is 1760 g/mol. The molecule has 57 nitrogen and oxygen atoms in total. The van der Waals surface area contributed by atoms with Crippen LogP contribution < -0.4 is 79.0 Å². The Morgan fingerprint density at radius 1 is 0.385 bits per heavy atom. The third kappa shape index (κ3) is 20.9. The van der Waals surface area contributed by atoms with Crippen LogP contribution in [0.4, 0.5) is 29.1 Å². The molecule has 668 valence electrons. The van der Waals surface area contributed by atoms with Gasteiger partial charge in [-0.3, -0.25) is 86.1 Å². The molecule has 6 aromatic heterocycles. The minimum atomic E-state index is -1.54. The predicted molar refractivity (Wildman–Crippen MR) is 414 cm³/mol. The number of rotatable bonds is 17. The van der Waals surface area contributed by atoms with Crippen molar-refractivity contribution in [2.45, 2.75) is 213 Å². The summed E-state index contributed by atoms with van der Waals surface area (Å²) in [6, 6.07) is 6.08. The fourth-order valence-electron chi connectivity index (χ4n) is 13.9. The molecule has 8 fully saturated rings. The summed E-state index contributed by atoms with van der Waals surface area (Å²) < 4.78 is 72.2. The van der Waals surface area contributed by atoms with Crippen molar-refractivity contribution < 1.29 is 108 Å². The van der Waals surface area contributed by atoms with Gasteiger partial charge in [-0.15, -0.1) is 0 Å². The Hall–Kier alpha value is -10.5. The lowest BCUT2D eigenvalue weighted by atomic mass is 10.1. The van der Waals surface area contributed by atoms with Gasteiger partial charge in [-0.05, 0) is 95.1 Å². The van der Waals surface area contributed by atoms with E-state index in [9.17, 15) is 98.4 Å². The monoisotopic (exact) mass is 1850 g/mol. The molecule has 14 rings (SSSR count). The molecule has 0 radical (unpaired) electrons. The Bertz CT molecular complexity index is 5660. The highest BCUT2D eigenvalue weighted by molar-refractivity contribution is 14.1. The van der Waals surface area contributed by atoms with Gasteiger partial charge in [0.25, 0.3) is 33.4 Å². The molecule has 58 heteroatoms. The van der Waals surface area contributed by atoms with E-state index in [1.54, 1.807) is 13.8 Å². The number of hydrogen-bond donors (Lipinski definition) is 18. The fraction of sp³-hybridized carbons (Fsp3) is 0.625. The number of aliphatic hydroxyl groups excluding tert-OH is 10. The summed E-state index contributed by atoms with van der Waals surface area (Å²) in [4.78, 5) is 158. The van der Waals surface area contributed by atoms with Crippen LogP contribution in [0.3, 0.4) is 0 Å². The number of aliphatic hydroxyl groups is 10. The van der Waals surface area contributed by atoms with Crippen molar-refractivity contribution in [3.05, 3.63) is 196 Å². The lowest BCUT2D eigenvalue weighted by Crippen LogP contribution is -2.39. The number of methoxy groups -OCH3 is 2. The molecule has 6 aromatic rings. The number of nitrogens with two attached hydrogens (primary N) is 2. The Morgan fingerprint density at radius 3 is 0.910 bits per heavy atom. The number of H-pyrrole nitrogens is 6. The van der Waals surface area contributed by atoms with Crippen LogP contribution in [0.1, 0.15) is 91.8 Å². The molecular formula is C64H86IN23O34. The van der Waals surface area contributed by atoms with Gasteiger partial charge in [-0.2, -0.15) is 0 Å². The summed E-state index contributed by atoms with van der Waals surface area (Å²) in [5, 5.41) is 106. The summed E-state index contributed by atoms with van der Waals surface area (Å²) in [7, 11) is 2.80. The number of azide groups is 3. The summed E-state index contributed by atoms with van der Waals surface area (Å²) >= 11 is 1.95. The zero-order valence-corrected chi connectivity index (χ0v) is 67.2. The van der Waals surface area contributed by atoms with E-state index in [0.717, 1.165) is 55.0 Å². The fourth-order valence-corrected chi connectivity index (χ4v) is 14.7. The van der Waals surface area contributed by atoms with E-state index in [2.05, 4.69) is 40.0 Å². The van der Waals surface area contributed by atoms with Crippen molar-refractivity contribution in [3.8, 4) is 0 Å². The number of aromatic amines is 6. The molecule has 0 amide bonds. The molecule has 6 unspecified atom stereocenters. The van der Waals surface area contributed by atoms with Gasteiger partial charge in [0.1, 0.15) is 127 Å². The molecule has 0 aliphatic carbocycles. The van der Waals surface area contributed by atoms with Crippen LogP contribution in [0.15, 0.2) is 109 Å². The van der Waals surface area contributed by atoms with E-state index < -0.39 is 209 Å². The first-order valence-corrected chi connectivity index (χ1v) is 37.4. The van der Waals surface area contributed by atoms with Gasteiger partial charge in [0.15, 0.2) is 48.9 Å². The van der Waals surface area contributed by atoms with Gasteiger partial charge in [0.05, 0.1) is 42.3 Å². The third-order valence-corrected chi connectivity index (χ3v) is 20.0. The zero-order valence-electron chi connectivity index (χ0n) is 65.1. The van der Waals surface area contributed by atoms with Gasteiger partial charge < -0.3 is 119 Å². The first-order chi connectivity index (χ1) is 57.6. The number of nitrogens with one attached hydrogen (secondary N) is 6. The van der Waals surface area contributed by atoms with E-state index in [1.807, 2.05) is 70.2 Å². The molecule has 0 bridgehead atoms. The van der Waals surface area contributed by atoms with Gasteiger partial charge in [-0.25, -0.2) is 28.8 Å². The Morgan fingerprint density at radius 2 is 0.631 bits per heavy atom. The predicted octanol–water partition coefficient (Wildman–Crippen LogP) is -6.78. The van der Waals surface area contributed by atoms with Crippen molar-refractivity contribution in [1.82, 2.24) is 57.3 Å². The first-order valence-electron chi connectivity index (χ1n) is 36.3. The molecule has 14 heterocycles. The van der Waals surface area contributed by atoms with Crippen LogP contribution in [-0.2, 0) is 56.8 Å². The summed E-state index contributed by atoms with van der Waals surface area (Å²) in [5.74, 6) is -2.73. The van der Waals surface area contributed by atoms with Crippen molar-refractivity contribution >= 4 is 51.7 Å². The number of hydrogen-bond acceptors (Lipinski definition) is 39. The summed E-state index contributed by atoms with van der Waals surface area (Å²) in [6.07, 6.45) is -22.0. The molecule has 20 N–H and O–H groups in total. The molecule has 8 saturated heterocycles. The maximum atomic E-state index is 12.2. The van der Waals surface area contributed by atoms with Crippen molar-refractivity contribution in [2.24, 2.45) is 15.3 Å². The number of fused-ring (bicyclic) bond motifs is 2. The van der Waals surface area contributed by atoms with Gasteiger partial charge in [0, 0.05) is 65.4 Å². The summed E-state index contributed by atoms with van der Waals surface area (Å²) in [5.41, 5.74) is 27.9. The largest absolute Gasteiger partial charge is 0.394 e. The second-order valence-corrected chi connectivity index (χ2v) is 29.3. The lowest BCUT2D eigenvalue weighted by Gasteiger charge is -2.25. The van der Waals surface area contributed by atoms with E-state index in [1.165, 1.54) is 24.9 Å². The number of ether oxygens (including phenoxy) is 12. The average molecular weight is 1850 g/mol. The first kappa shape index (κ1) is 95.3. The number of anilines is 2. The standard InChI is InChI=1S/C13H17IN2O5.C13H17N5O5.C10H13N5O6.C10H15N3O6.C9H11N5O6.C9H13N3O6/c1-4-6-9-10(21-13(2,3)20-9)11(19-6)16-7(14)5-8(17)15-12(16)18;1-4-6-9-10(23-13(2,3)22-9)11(21-6)18-7(16-17-14)5-8(19)15-12(18)20;1-20-3-4-7(17)8(18)9(21-4)15-5(13-14-11)2-6(16)12-10(15)19;1-18-3-4-7(15)8(16)9(19-4)13-5(11)2-6(14)12-10(13)17;10-13-12-4-1-5(16)11-9(19)14(4)8-7(18)6(17)3(2-15)20-8;10-4-1-5(14)11-9(17)12(4)8-7(16)6(15)3(2-13)18-8/h5-6,9-11H,4H2,1-3H3,(H,15,17,18);5-6,9-11H,4H2,1-3H3,(H,15,19,20);2,4,7-9,17-18H,3H2,1H3,(H,12,16,19);2,4,7-9,15-16H,3,11H2,1H3,(H,12,14,17);1,3,6-8,15,17-18H,2H2,(H,11,16,19);1,3,6-8,13,15-16H,2,10H2,(H,11,14,17)/t2*6-,9+,10?,11-;2*4-,7+,8?,9-;2*3-,6+,7?,8-/m111111/s1. The van der Waals surface area contributed by atoms with Crippen LogP contribution in [0.25, 0.3) is 31.3 Å². The molecule has 122 heavy (non-hydrogen) atoms. The SMILES string of the molecule is CC[C@H]1O[C@@H](n2c(I)cc(=O)[nH]c2=O)C2OC(C)(C)O[C@H]21.CC[C@H]1O[C@@H](n2c(N=[N+]=[N-])cc(=O)[nH]c2=O)C2OC(C)(C)O[C@H]21.COC[C@H]1O[C@@H](n2c(N)cc(=O)[nH]c2=O)C(O)[C@H]1O.COC[C@H]1O[C@@H](n2c(N=[N+]=[N-])cc(=O)[nH]c2=O)C(O)[C@H]1O.Nc1cc(=O)[nH]c(=O)n1[C@@H]1O[C@H](CO)[C@H](O)C1O.[N-]=[N+]=Nc1cc(=O)[nH]c(=O)n1[C@@H]1O[C@H](CO)[C@H](O)C1O. The quantitative estimate of drug-likeness (QED) is 0.0133. The van der Waals surface area contributed by atoms with Crippen LogP contribution in [-0.4, -0.2) is 270 Å². The van der Waals surface area contributed by atoms with E-state index in [0.29, 0.717) is 14.7 Å². The maximum Gasteiger partial charge on any atom is 0.332 e.